The lowest BCUT2D eigenvalue weighted by atomic mass is 9.98. The number of allylic oxidation sites excluding steroid dienone is 2. The van der Waals surface area contributed by atoms with Crippen molar-refractivity contribution in [3.8, 4) is 0 Å². The molecule has 1 unspecified atom stereocenters. The first-order valence-electron chi connectivity index (χ1n) is 9.16. The number of carbonyl (C=O) groups is 1. The quantitative estimate of drug-likeness (QED) is 0.303. The minimum atomic E-state index is -0.128. The molecule has 124 valence electrons. The lowest BCUT2D eigenvalue weighted by Gasteiger charge is -2.09. The first kappa shape index (κ1) is 20.2. The van der Waals surface area contributed by atoms with Gasteiger partial charge in [-0.25, -0.2) is 0 Å². The molecule has 0 spiro atoms. The predicted molar refractivity (Wildman–Crippen MR) is 93.2 cm³/mol. The van der Waals surface area contributed by atoms with Gasteiger partial charge in [0, 0.05) is 5.92 Å². The van der Waals surface area contributed by atoms with E-state index in [2.05, 4.69) is 19.1 Å². The number of carbonyl (C=O) groups excluding carboxylic acids is 1. The summed E-state index contributed by atoms with van der Waals surface area (Å²) in [5.41, 5.74) is 5.34. The first-order valence-corrected chi connectivity index (χ1v) is 9.16. The molecule has 0 saturated heterocycles. The molecule has 0 aliphatic carbocycles. The molecular formula is C19H37NO. The fourth-order valence-electron chi connectivity index (χ4n) is 2.66. The summed E-state index contributed by atoms with van der Waals surface area (Å²) in [6.45, 7) is 4.31. The summed E-state index contributed by atoms with van der Waals surface area (Å²) in [6, 6.07) is 0. The SMILES string of the molecule is CCCCCCCCC=CCCCCCC(CC)C(N)=O. The number of primary amides is 1. The Morgan fingerprint density at radius 1 is 0.857 bits per heavy atom. The molecule has 0 radical (unpaired) electrons. The zero-order valence-corrected chi connectivity index (χ0v) is 14.4. The molecule has 1 amide bonds. The Morgan fingerprint density at radius 3 is 1.90 bits per heavy atom. The van der Waals surface area contributed by atoms with Crippen molar-refractivity contribution in [1.29, 1.82) is 0 Å². The number of amides is 1. The maximum absolute atomic E-state index is 11.1. The van der Waals surface area contributed by atoms with Gasteiger partial charge in [0.2, 0.25) is 5.91 Å². The monoisotopic (exact) mass is 295 g/mol. The molecule has 0 heterocycles. The molecule has 0 rings (SSSR count). The second-order valence-electron chi connectivity index (χ2n) is 6.17. The molecule has 0 aromatic heterocycles. The summed E-state index contributed by atoms with van der Waals surface area (Å²) in [7, 11) is 0. The summed E-state index contributed by atoms with van der Waals surface area (Å²) in [5, 5.41) is 0. The fourth-order valence-corrected chi connectivity index (χ4v) is 2.66. The first-order chi connectivity index (χ1) is 10.2. The Morgan fingerprint density at radius 2 is 1.38 bits per heavy atom. The van der Waals surface area contributed by atoms with Crippen molar-refractivity contribution in [1.82, 2.24) is 0 Å². The average molecular weight is 296 g/mol. The Kier molecular flexibility index (Phi) is 15.0. The third kappa shape index (κ3) is 13.9. The second kappa shape index (κ2) is 15.6. The van der Waals surface area contributed by atoms with Gasteiger partial charge in [0.25, 0.3) is 0 Å². The van der Waals surface area contributed by atoms with E-state index in [1.54, 1.807) is 0 Å². The average Bonchev–Trinajstić information content (AvgIpc) is 2.47. The number of unbranched alkanes of at least 4 members (excludes halogenated alkanes) is 9. The van der Waals surface area contributed by atoms with Gasteiger partial charge in [0.05, 0.1) is 0 Å². The molecule has 2 N–H and O–H groups in total. The molecule has 2 heteroatoms. The van der Waals surface area contributed by atoms with Crippen LogP contribution in [-0.2, 0) is 4.79 Å². The lowest BCUT2D eigenvalue weighted by molar-refractivity contribution is -0.122. The Balaban J connectivity index is 3.27. The highest BCUT2D eigenvalue weighted by Crippen LogP contribution is 2.14. The third-order valence-electron chi connectivity index (χ3n) is 4.21. The standard InChI is InChI=1S/C19H37NO/c1-3-5-6-7-8-9-10-11-12-13-14-15-16-17-18(4-2)19(20)21/h11-12,18H,3-10,13-17H2,1-2H3,(H2,20,21). The van der Waals surface area contributed by atoms with Crippen LogP contribution in [0.2, 0.25) is 0 Å². The van der Waals surface area contributed by atoms with E-state index in [9.17, 15) is 4.79 Å². The predicted octanol–water partition coefficient (Wildman–Crippen LogP) is 5.76. The molecule has 0 aliphatic rings. The van der Waals surface area contributed by atoms with Crippen molar-refractivity contribution >= 4 is 5.91 Å². The van der Waals surface area contributed by atoms with Gasteiger partial charge in [-0.05, 0) is 38.5 Å². The highest BCUT2D eigenvalue weighted by atomic mass is 16.1. The van der Waals surface area contributed by atoms with E-state index in [0.29, 0.717) is 0 Å². The second-order valence-corrected chi connectivity index (χ2v) is 6.17. The molecule has 0 fully saturated rings. The summed E-state index contributed by atoms with van der Waals surface area (Å²) >= 11 is 0. The van der Waals surface area contributed by atoms with Gasteiger partial charge in [0.15, 0.2) is 0 Å². The van der Waals surface area contributed by atoms with E-state index in [-0.39, 0.29) is 11.8 Å². The lowest BCUT2D eigenvalue weighted by Crippen LogP contribution is -2.22. The van der Waals surface area contributed by atoms with Crippen LogP contribution in [0.3, 0.4) is 0 Å². The van der Waals surface area contributed by atoms with Crippen molar-refractivity contribution < 1.29 is 4.79 Å². The van der Waals surface area contributed by atoms with Crippen LogP contribution in [0.4, 0.5) is 0 Å². The van der Waals surface area contributed by atoms with Crippen LogP contribution in [0.15, 0.2) is 12.2 Å². The maximum atomic E-state index is 11.1. The van der Waals surface area contributed by atoms with Crippen molar-refractivity contribution in [2.75, 3.05) is 0 Å². The van der Waals surface area contributed by atoms with Gasteiger partial charge in [-0.3, -0.25) is 4.79 Å². The van der Waals surface area contributed by atoms with Gasteiger partial charge >= 0.3 is 0 Å². The van der Waals surface area contributed by atoms with Crippen LogP contribution in [0.25, 0.3) is 0 Å². The molecule has 0 aliphatic heterocycles. The highest BCUT2D eigenvalue weighted by molar-refractivity contribution is 5.76. The van der Waals surface area contributed by atoms with E-state index in [1.165, 1.54) is 64.2 Å². The van der Waals surface area contributed by atoms with Crippen molar-refractivity contribution in [3.05, 3.63) is 12.2 Å². The minimum absolute atomic E-state index is 0.0910. The van der Waals surface area contributed by atoms with E-state index in [0.717, 1.165) is 19.3 Å². The van der Waals surface area contributed by atoms with Crippen molar-refractivity contribution in [2.45, 2.75) is 97.3 Å². The maximum Gasteiger partial charge on any atom is 0.220 e. The van der Waals surface area contributed by atoms with Gasteiger partial charge in [-0.1, -0.05) is 70.9 Å². The largest absolute Gasteiger partial charge is 0.369 e. The molecular weight excluding hydrogens is 258 g/mol. The van der Waals surface area contributed by atoms with Gasteiger partial charge in [-0.15, -0.1) is 0 Å². The number of rotatable bonds is 15. The van der Waals surface area contributed by atoms with Crippen molar-refractivity contribution in [3.63, 3.8) is 0 Å². The van der Waals surface area contributed by atoms with E-state index in [1.807, 2.05) is 6.92 Å². The Hall–Kier alpha value is -0.790. The summed E-state index contributed by atoms with van der Waals surface area (Å²) in [4.78, 5) is 11.1. The van der Waals surface area contributed by atoms with Crippen LogP contribution in [0, 0.1) is 5.92 Å². The topological polar surface area (TPSA) is 43.1 Å². The van der Waals surface area contributed by atoms with Gasteiger partial charge < -0.3 is 5.73 Å². The molecule has 0 aromatic rings. The van der Waals surface area contributed by atoms with Gasteiger partial charge in [-0.2, -0.15) is 0 Å². The van der Waals surface area contributed by atoms with Crippen LogP contribution in [0.5, 0.6) is 0 Å². The zero-order chi connectivity index (χ0) is 15.8. The molecule has 21 heavy (non-hydrogen) atoms. The molecule has 0 saturated carbocycles. The smallest absolute Gasteiger partial charge is 0.220 e. The normalized spacial score (nSPS) is 12.9. The minimum Gasteiger partial charge on any atom is -0.369 e. The van der Waals surface area contributed by atoms with Crippen LogP contribution >= 0.6 is 0 Å². The molecule has 0 bridgehead atoms. The molecule has 1 atom stereocenters. The van der Waals surface area contributed by atoms with Crippen LogP contribution in [-0.4, -0.2) is 5.91 Å². The van der Waals surface area contributed by atoms with E-state index >= 15 is 0 Å². The summed E-state index contributed by atoms with van der Waals surface area (Å²) < 4.78 is 0. The van der Waals surface area contributed by atoms with E-state index < -0.39 is 0 Å². The Labute approximate surface area is 132 Å². The van der Waals surface area contributed by atoms with Crippen molar-refractivity contribution in [2.24, 2.45) is 11.7 Å². The number of nitrogens with two attached hydrogens (primary N) is 1. The zero-order valence-electron chi connectivity index (χ0n) is 14.4. The molecule has 0 aromatic carbocycles. The van der Waals surface area contributed by atoms with E-state index in [4.69, 9.17) is 5.73 Å². The van der Waals surface area contributed by atoms with Crippen LogP contribution in [0.1, 0.15) is 97.3 Å². The number of hydrogen-bond donors (Lipinski definition) is 1. The van der Waals surface area contributed by atoms with Crippen LogP contribution < -0.4 is 5.73 Å². The fraction of sp³-hybridized carbons (Fsp3) is 0.842. The highest BCUT2D eigenvalue weighted by Gasteiger charge is 2.11. The van der Waals surface area contributed by atoms with Gasteiger partial charge in [0.1, 0.15) is 0 Å². The molecule has 2 nitrogen and oxygen atoms in total. The number of hydrogen-bond acceptors (Lipinski definition) is 1. The summed E-state index contributed by atoms with van der Waals surface area (Å²) in [6.07, 6.45) is 20.8. The third-order valence-corrected chi connectivity index (χ3v) is 4.21. The Bertz CT molecular complexity index is 260. The summed E-state index contributed by atoms with van der Waals surface area (Å²) in [5.74, 6) is -0.0374.